The Morgan fingerprint density at radius 2 is 2.14 bits per heavy atom. The second kappa shape index (κ2) is 3.37. The monoisotopic (exact) mass is 194 g/mol. The first-order valence-corrected chi connectivity index (χ1v) is 5.91. The van der Waals surface area contributed by atoms with Crippen molar-refractivity contribution in [3.05, 3.63) is 11.6 Å². The van der Waals surface area contributed by atoms with Gasteiger partial charge in [-0.05, 0) is 42.9 Å². The minimum absolute atomic E-state index is 0.0741. The van der Waals surface area contributed by atoms with Crippen molar-refractivity contribution in [2.24, 2.45) is 17.3 Å². The summed E-state index contributed by atoms with van der Waals surface area (Å²) < 4.78 is 0. The van der Waals surface area contributed by atoms with Crippen LogP contribution in [0, 0.1) is 17.3 Å². The number of hydrogen-bond acceptors (Lipinski definition) is 1. The van der Waals surface area contributed by atoms with E-state index in [-0.39, 0.29) is 6.10 Å². The van der Waals surface area contributed by atoms with Crippen LogP contribution in [0.4, 0.5) is 0 Å². The molecule has 0 radical (unpaired) electrons. The van der Waals surface area contributed by atoms with E-state index in [1.807, 2.05) is 0 Å². The third-order valence-electron chi connectivity index (χ3n) is 4.78. The molecule has 1 saturated carbocycles. The highest BCUT2D eigenvalue weighted by atomic mass is 16.3. The Kier molecular flexibility index (Phi) is 2.46. The maximum Gasteiger partial charge on any atom is 0.0577 e. The Morgan fingerprint density at radius 1 is 1.43 bits per heavy atom. The Labute approximate surface area is 87.2 Å². The SMILES string of the molecule is CC1CC=C2CC(O)CC[C@]2(C)C1C. The third kappa shape index (κ3) is 1.42. The van der Waals surface area contributed by atoms with Gasteiger partial charge in [0.2, 0.25) is 0 Å². The van der Waals surface area contributed by atoms with Crippen LogP contribution in [-0.2, 0) is 0 Å². The molecule has 2 aliphatic carbocycles. The molecule has 0 bridgehead atoms. The van der Waals surface area contributed by atoms with Gasteiger partial charge in [-0.25, -0.2) is 0 Å². The highest BCUT2D eigenvalue weighted by molar-refractivity contribution is 5.22. The maximum absolute atomic E-state index is 9.67. The fourth-order valence-corrected chi connectivity index (χ4v) is 3.21. The summed E-state index contributed by atoms with van der Waals surface area (Å²) in [6.07, 6.45) is 6.62. The summed E-state index contributed by atoms with van der Waals surface area (Å²) in [4.78, 5) is 0. The lowest BCUT2D eigenvalue weighted by Gasteiger charge is -2.48. The summed E-state index contributed by atoms with van der Waals surface area (Å²) in [5.41, 5.74) is 1.92. The van der Waals surface area contributed by atoms with E-state index in [1.54, 1.807) is 0 Å². The summed E-state index contributed by atoms with van der Waals surface area (Å²) >= 11 is 0. The average molecular weight is 194 g/mol. The van der Waals surface area contributed by atoms with Crippen molar-refractivity contribution in [2.45, 2.75) is 52.6 Å². The molecule has 0 aromatic carbocycles. The lowest BCUT2D eigenvalue weighted by atomic mass is 9.58. The molecule has 2 rings (SSSR count). The number of allylic oxidation sites excluding steroid dienone is 1. The van der Waals surface area contributed by atoms with Gasteiger partial charge >= 0.3 is 0 Å². The zero-order valence-electron chi connectivity index (χ0n) is 9.59. The minimum Gasteiger partial charge on any atom is -0.393 e. The van der Waals surface area contributed by atoms with E-state index in [0.29, 0.717) is 5.41 Å². The first-order valence-electron chi connectivity index (χ1n) is 5.91. The zero-order valence-corrected chi connectivity index (χ0v) is 9.59. The lowest BCUT2D eigenvalue weighted by Crippen LogP contribution is -2.40. The topological polar surface area (TPSA) is 20.2 Å². The van der Waals surface area contributed by atoms with E-state index < -0.39 is 0 Å². The number of aliphatic hydroxyl groups excluding tert-OH is 1. The van der Waals surface area contributed by atoms with E-state index in [0.717, 1.165) is 24.7 Å². The molecule has 4 atom stereocenters. The van der Waals surface area contributed by atoms with Gasteiger partial charge in [0.05, 0.1) is 6.10 Å². The molecular formula is C13H22O. The van der Waals surface area contributed by atoms with E-state index in [1.165, 1.54) is 18.4 Å². The predicted octanol–water partition coefficient (Wildman–Crippen LogP) is 3.14. The Balaban J connectivity index is 2.28. The van der Waals surface area contributed by atoms with Crippen molar-refractivity contribution in [3.8, 4) is 0 Å². The normalized spacial score (nSPS) is 48.3. The molecule has 0 spiro atoms. The molecule has 1 N–H and O–H groups in total. The number of hydrogen-bond donors (Lipinski definition) is 1. The zero-order chi connectivity index (χ0) is 10.3. The fraction of sp³-hybridized carbons (Fsp3) is 0.846. The standard InChI is InChI=1S/C13H22O/c1-9-4-5-11-8-12(14)6-7-13(11,3)10(9)2/h5,9-10,12,14H,4,6-8H2,1-3H3/t9?,10?,12?,13-/m1/s1. The van der Waals surface area contributed by atoms with Crippen molar-refractivity contribution in [1.82, 2.24) is 0 Å². The molecule has 0 aromatic heterocycles. The second-order valence-corrected chi connectivity index (χ2v) is 5.55. The van der Waals surface area contributed by atoms with Crippen LogP contribution in [0.3, 0.4) is 0 Å². The van der Waals surface area contributed by atoms with Gasteiger partial charge in [-0.2, -0.15) is 0 Å². The van der Waals surface area contributed by atoms with Gasteiger partial charge in [0, 0.05) is 0 Å². The van der Waals surface area contributed by atoms with Crippen LogP contribution in [0.1, 0.15) is 46.5 Å². The average Bonchev–Trinajstić information content (AvgIpc) is 2.16. The van der Waals surface area contributed by atoms with Gasteiger partial charge in [-0.1, -0.05) is 32.4 Å². The predicted molar refractivity (Wildman–Crippen MR) is 59.0 cm³/mol. The molecule has 14 heavy (non-hydrogen) atoms. The van der Waals surface area contributed by atoms with Crippen LogP contribution in [0.2, 0.25) is 0 Å². The van der Waals surface area contributed by atoms with Crippen LogP contribution in [0.5, 0.6) is 0 Å². The second-order valence-electron chi connectivity index (χ2n) is 5.55. The van der Waals surface area contributed by atoms with Gasteiger partial charge < -0.3 is 5.11 Å². The first kappa shape index (κ1) is 10.2. The third-order valence-corrected chi connectivity index (χ3v) is 4.78. The van der Waals surface area contributed by atoms with Crippen LogP contribution < -0.4 is 0 Å². The van der Waals surface area contributed by atoms with Crippen molar-refractivity contribution >= 4 is 0 Å². The molecule has 0 aromatic rings. The van der Waals surface area contributed by atoms with Crippen molar-refractivity contribution in [3.63, 3.8) is 0 Å². The van der Waals surface area contributed by atoms with E-state index in [2.05, 4.69) is 26.8 Å². The molecule has 3 unspecified atom stereocenters. The molecule has 1 heteroatoms. The largest absolute Gasteiger partial charge is 0.393 e. The van der Waals surface area contributed by atoms with Crippen LogP contribution in [0.25, 0.3) is 0 Å². The summed E-state index contributed by atoms with van der Waals surface area (Å²) in [5, 5.41) is 9.67. The van der Waals surface area contributed by atoms with E-state index in [4.69, 9.17) is 0 Å². The van der Waals surface area contributed by atoms with Gasteiger partial charge in [0.15, 0.2) is 0 Å². The molecule has 80 valence electrons. The van der Waals surface area contributed by atoms with Gasteiger partial charge in [-0.3, -0.25) is 0 Å². The lowest BCUT2D eigenvalue weighted by molar-refractivity contribution is 0.0631. The summed E-state index contributed by atoms with van der Waals surface area (Å²) in [6.45, 7) is 7.13. The van der Waals surface area contributed by atoms with Crippen molar-refractivity contribution < 1.29 is 5.11 Å². The summed E-state index contributed by atoms with van der Waals surface area (Å²) in [5.74, 6) is 1.58. The molecule has 0 amide bonds. The Hall–Kier alpha value is -0.300. The molecule has 2 aliphatic rings. The van der Waals surface area contributed by atoms with Gasteiger partial charge in [0.1, 0.15) is 0 Å². The molecular weight excluding hydrogens is 172 g/mol. The molecule has 0 heterocycles. The van der Waals surface area contributed by atoms with Crippen LogP contribution >= 0.6 is 0 Å². The maximum atomic E-state index is 9.67. The van der Waals surface area contributed by atoms with Crippen LogP contribution in [-0.4, -0.2) is 11.2 Å². The summed E-state index contributed by atoms with van der Waals surface area (Å²) in [6, 6.07) is 0. The Bertz CT molecular complexity index is 256. The van der Waals surface area contributed by atoms with Gasteiger partial charge in [-0.15, -0.1) is 0 Å². The highest BCUT2D eigenvalue weighted by Gasteiger charge is 2.42. The van der Waals surface area contributed by atoms with E-state index in [9.17, 15) is 5.11 Å². The molecule has 1 nitrogen and oxygen atoms in total. The van der Waals surface area contributed by atoms with Crippen molar-refractivity contribution in [2.75, 3.05) is 0 Å². The van der Waals surface area contributed by atoms with Crippen molar-refractivity contribution in [1.29, 1.82) is 0 Å². The summed E-state index contributed by atoms with van der Waals surface area (Å²) in [7, 11) is 0. The van der Waals surface area contributed by atoms with E-state index >= 15 is 0 Å². The number of rotatable bonds is 0. The van der Waals surface area contributed by atoms with Crippen LogP contribution in [0.15, 0.2) is 11.6 Å². The van der Waals surface area contributed by atoms with Gasteiger partial charge in [0.25, 0.3) is 0 Å². The number of aliphatic hydroxyl groups is 1. The molecule has 0 aliphatic heterocycles. The molecule has 1 fully saturated rings. The first-order chi connectivity index (χ1) is 6.54. The highest BCUT2D eigenvalue weighted by Crippen LogP contribution is 2.52. The Morgan fingerprint density at radius 3 is 2.86 bits per heavy atom. The number of fused-ring (bicyclic) bond motifs is 1. The quantitative estimate of drug-likeness (QED) is 0.587. The fourth-order valence-electron chi connectivity index (χ4n) is 3.21. The smallest absolute Gasteiger partial charge is 0.0577 e. The molecule has 0 saturated heterocycles. The minimum atomic E-state index is -0.0741.